The van der Waals surface area contributed by atoms with Crippen molar-refractivity contribution in [1.29, 1.82) is 0 Å². The van der Waals surface area contributed by atoms with E-state index in [1.807, 2.05) is 0 Å². The van der Waals surface area contributed by atoms with Gasteiger partial charge < -0.3 is 16.2 Å². The van der Waals surface area contributed by atoms with Crippen LogP contribution in [-0.4, -0.2) is 30.0 Å². The van der Waals surface area contributed by atoms with E-state index >= 15 is 0 Å². The molecule has 7 nitrogen and oxygen atoms in total. The zero-order chi connectivity index (χ0) is 13.9. The molecule has 5 N–H and O–H groups in total. The number of carbonyl (C=O) groups excluding carboxylic acids is 1. The molecule has 0 aromatic heterocycles. The molecule has 0 spiro atoms. The van der Waals surface area contributed by atoms with Gasteiger partial charge in [0.15, 0.2) is 0 Å². The van der Waals surface area contributed by atoms with E-state index in [2.05, 4.69) is 5.32 Å². The molecule has 1 amide bonds. The van der Waals surface area contributed by atoms with E-state index in [-0.39, 0.29) is 11.3 Å². The highest BCUT2D eigenvalue weighted by molar-refractivity contribution is 7.85. The van der Waals surface area contributed by atoms with E-state index in [0.29, 0.717) is 0 Å². The van der Waals surface area contributed by atoms with Gasteiger partial charge in [-0.2, -0.15) is 8.42 Å². The van der Waals surface area contributed by atoms with Gasteiger partial charge in [-0.1, -0.05) is 6.07 Å². The van der Waals surface area contributed by atoms with E-state index in [0.717, 1.165) is 6.07 Å². The lowest BCUT2D eigenvalue weighted by Gasteiger charge is -2.10. The Balaban J connectivity index is 3.16. The number of hydrogen-bond donors (Lipinski definition) is 4. The topological polar surface area (TPSA) is 130 Å². The fourth-order valence-electron chi connectivity index (χ4n) is 1.26. The first-order chi connectivity index (χ1) is 8.25. The Hall–Kier alpha value is -1.48. The maximum Gasteiger partial charge on any atom is 0.294 e. The third-order valence-electron chi connectivity index (χ3n) is 2.20. The Morgan fingerprint density at radius 3 is 2.56 bits per heavy atom. The highest BCUT2D eigenvalue weighted by Gasteiger charge is 2.17. The van der Waals surface area contributed by atoms with Gasteiger partial charge >= 0.3 is 0 Å². The van der Waals surface area contributed by atoms with Gasteiger partial charge in [0.2, 0.25) is 5.91 Å². The van der Waals surface area contributed by atoms with Gasteiger partial charge in [-0.3, -0.25) is 9.35 Å². The van der Waals surface area contributed by atoms with Gasteiger partial charge in [-0.15, -0.1) is 0 Å². The van der Waals surface area contributed by atoms with Gasteiger partial charge in [0.25, 0.3) is 10.1 Å². The Morgan fingerprint density at radius 2 is 2.11 bits per heavy atom. The molecular formula is C10H14N2O5S. The van der Waals surface area contributed by atoms with Crippen molar-refractivity contribution in [3.05, 3.63) is 23.8 Å². The predicted octanol–water partition coefficient (Wildman–Crippen LogP) is -0.289. The van der Waals surface area contributed by atoms with Crippen molar-refractivity contribution < 1.29 is 22.9 Å². The summed E-state index contributed by atoms with van der Waals surface area (Å²) < 4.78 is 31.2. The lowest BCUT2D eigenvalue weighted by molar-refractivity contribution is -0.117. The van der Waals surface area contributed by atoms with Crippen molar-refractivity contribution in [3.63, 3.8) is 0 Å². The van der Waals surface area contributed by atoms with Gasteiger partial charge in [-0.25, -0.2) is 0 Å². The van der Waals surface area contributed by atoms with Crippen molar-refractivity contribution >= 4 is 21.7 Å². The number of nitrogens with two attached hydrogens (primary N) is 1. The van der Waals surface area contributed by atoms with Crippen LogP contribution in [0.3, 0.4) is 0 Å². The number of nitrogens with one attached hydrogen (secondary N) is 1. The second-order valence-electron chi connectivity index (χ2n) is 3.73. The number of anilines is 1. The van der Waals surface area contributed by atoms with E-state index in [4.69, 9.17) is 15.4 Å². The maximum absolute atomic E-state index is 11.3. The molecule has 0 aliphatic carbocycles. The molecule has 0 fully saturated rings. The third-order valence-corrected chi connectivity index (χ3v) is 3.13. The molecular weight excluding hydrogens is 260 g/mol. The summed E-state index contributed by atoms with van der Waals surface area (Å²) in [5, 5.41) is 11.3. The summed E-state index contributed by atoms with van der Waals surface area (Å²) in [6.45, 7) is 0.928. The molecule has 0 unspecified atom stereocenters. The van der Waals surface area contributed by atoms with Gasteiger partial charge in [0.1, 0.15) is 4.90 Å². The van der Waals surface area contributed by atoms with E-state index in [1.165, 1.54) is 19.1 Å². The minimum atomic E-state index is -4.47. The number of carbonyl (C=O) groups is 1. The zero-order valence-electron chi connectivity index (χ0n) is 9.62. The van der Waals surface area contributed by atoms with Crippen LogP contribution in [0.1, 0.15) is 12.5 Å². The number of amides is 1. The van der Waals surface area contributed by atoms with Crippen molar-refractivity contribution in [3.8, 4) is 0 Å². The molecule has 0 aliphatic heterocycles. The molecule has 0 heterocycles. The van der Waals surface area contributed by atoms with Crippen molar-refractivity contribution in [2.45, 2.75) is 24.5 Å². The third kappa shape index (κ3) is 3.50. The highest BCUT2D eigenvalue weighted by atomic mass is 32.2. The summed E-state index contributed by atoms with van der Waals surface area (Å²) >= 11 is 0. The first-order valence-corrected chi connectivity index (χ1v) is 6.47. The fraction of sp³-hybridized carbons (Fsp3) is 0.300. The number of aliphatic hydroxyl groups is 1. The monoisotopic (exact) mass is 274 g/mol. The minimum absolute atomic E-state index is 0.0382. The predicted molar refractivity (Wildman–Crippen MR) is 64.5 cm³/mol. The Kier molecular flexibility index (Phi) is 4.41. The molecule has 1 rings (SSSR count). The molecule has 18 heavy (non-hydrogen) atoms. The largest absolute Gasteiger partial charge is 0.392 e. The van der Waals surface area contributed by atoms with Crippen molar-refractivity contribution in [1.82, 2.24) is 0 Å². The van der Waals surface area contributed by atoms with Crippen molar-refractivity contribution in [2.24, 2.45) is 5.73 Å². The number of hydrogen-bond acceptors (Lipinski definition) is 5. The fourth-order valence-corrected chi connectivity index (χ4v) is 2.00. The highest BCUT2D eigenvalue weighted by Crippen LogP contribution is 2.20. The van der Waals surface area contributed by atoms with E-state index in [9.17, 15) is 13.2 Å². The molecule has 1 atom stereocenters. The molecule has 8 heteroatoms. The average Bonchev–Trinajstić information content (AvgIpc) is 2.27. The minimum Gasteiger partial charge on any atom is -0.392 e. The lowest BCUT2D eigenvalue weighted by Crippen LogP contribution is -2.32. The second kappa shape index (κ2) is 5.44. The summed E-state index contributed by atoms with van der Waals surface area (Å²) in [5.41, 5.74) is 5.55. The van der Waals surface area contributed by atoms with Crippen molar-refractivity contribution in [2.75, 3.05) is 5.32 Å². The lowest BCUT2D eigenvalue weighted by atomic mass is 10.2. The number of rotatable bonds is 4. The maximum atomic E-state index is 11.3. The first-order valence-electron chi connectivity index (χ1n) is 5.03. The first kappa shape index (κ1) is 14.6. The summed E-state index contributed by atoms with van der Waals surface area (Å²) in [6, 6.07) is 3.00. The molecule has 0 bridgehead atoms. The molecule has 1 aromatic carbocycles. The Morgan fingerprint density at radius 1 is 1.50 bits per heavy atom. The van der Waals surface area contributed by atoms with Crippen LogP contribution >= 0.6 is 0 Å². The summed E-state index contributed by atoms with van der Waals surface area (Å²) in [4.78, 5) is 10.9. The van der Waals surface area contributed by atoms with Crippen LogP contribution in [0, 0.1) is 0 Å². The molecule has 0 aliphatic rings. The molecule has 0 saturated carbocycles. The standard InChI is InChI=1S/C10H14N2O5S/c1-6(11)10(14)12-8-3-2-7(5-13)9(4-8)18(15,16)17/h2-4,6,13H,5,11H2,1H3,(H,12,14)(H,15,16,17)/t6-/m0/s1. The van der Waals surface area contributed by atoms with E-state index < -0.39 is 33.6 Å². The second-order valence-corrected chi connectivity index (χ2v) is 5.12. The van der Waals surface area contributed by atoms with Crippen LogP contribution in [0.5, 0.6) is 0 Å². The summed E-state index contributed by atoms with van der Waals surface area (Å²) in [5.74, 6) is -0.493. The van der Waals surface area contributed by atoms with Crippen LogP contribution in [0.15, 0.2) is 23.1 Å². The quantitative estimate of drug-likeness (QED) is 0.558. The summed E-state index contributed by atoms with van der Waals surface area (Å²) in [6.07, 6.45) is 0. The molecule has 100 valence electrons. The average molecular weight is 274 g/mol. The van der Waals surface area contributed by atoms with E-state index in [1.54, 1.807) is 0 Å². The van der Waals surface area contributed by atoms with Crippen LogP contribution in [0.25, 0.3) is 0 Å². The zero-order valence-corrected chi connectivity index (χ0v) is 10.4. The Labute approximate surface area is 104 Å². The van der Waals surface area contributed by atoms with Gasteiger partial charge in [-0.05, 0) is 24.6 Å². The van der Waals surface area contributed by atoms with Gasteiger partial charge in [0.05, 0.1) is 12.6 Å². The van der Waals surface area contributed by atoms with Crippen LogP contribution < -0.4 is 11.1 Å². The number of aliphatic hydroxyl groups excluding tert-OH is 1. The number of benzene rings is 1. The normalized spacial score (nSPS) is 13.1. The van der Waals surface area contributed by atoms with Crippen LogP contribution in [-0.2, 0) is 21.5 Å². The van der Waals surface area contributed by atoms with Crippen LogP contribution in [0.4, 0.5) is 5.69 Å². The van der Waals surface area contributed by atoms with Crippen LogP contribution in [0.2, 0.25) is 0 Å². The smallest absolute Gasteiger partial charge is 0.294 e. The molecule has 1 aromatic rings. The Bertz CT molecular complexity index is 553. The molecule has 0 radical (unpaired) electrons. The summed E-state index contributed by atoms with van der Waals surface area (Å²) in [7, 11) is -4.47. The van der Waals surface area contributed by atoms with Gasteiger partial charge in [0, 0.05) is 5.69 Å². The SMILES string of the molecule is C[C@H](N)C(=O)Nc1ccc(CO)c(S(=O)(=O)O)c1. The molecule has 0 saturated heterocycles.